The van der Waals surface area contributed by atoms with Crippen LogP contribution >= 0.6 is 0 Å². The molecule has 0 saturated carbocycles. The van der Waals surface area contributed by atoms with Crippen LogP contribution in [-0.4, -0.2) is 22.3 Å². The first kappa shape index (κ1) is 17.5. The highest BCUT2D eigenvalue weighted by Gasteiger charge is 2.13. The molecule has 0 aliphatic carbocycles. The fraction of sp³-hybridized carbons (Fsp3) is 0.389. The molecule has 1 N–H and O–H groups in total. The van der Waals surface area contributed by atoms with Gasteiger partial charge in [0, 0.05) is 12.6 Å². The maximum atomic E-state index is 12.3. The number of hydrogen-bond acceptors (Lipinski definition) is 4. The first-order chi connectivity index (χ1) is 11.7. The molecule has 0 bridgehead atoms. The number of aryl methyl sites for hydroxylation is 1. The molecule has 0 unspecified atom stereocenters. The number of rotatable bonds is 8. The van der Waals surface area contributed by atoms with Crippen molar-refractivity contribution in [2.45, 2.75) is 32.6 Å². The number of amides is 1. The Balaban J connectivity index is 1.91. The summed E-state index contributed by atoms with van der Waals surface area (Å²) < 4.78 is 7.12. The van der Waals surface area contributed by atoms with Crippen LogP contribution in [0.1, 0.15) is 48.5 Å². The van der Waals surface area contributed by atoms with Crippen LogP contribution in [0.5, 0.6) is 5.75 Å². The number of carbonyl (C=O) groups is 1. The molecule has 2 aromatic rings. The van der Waals surface area contributed by atoms with Crippen molar-refractivity contribution in [1.29, 1.82) is 5.26 Å². The summed E-state index contributed by atoms with van der Waals surface area (Å²) in [5.74, 6) is 0.852. The summed E-state index contributed by atoms with van der Waals surface area (Å²) >= 11 is 0. The Morgan fingerprint density at radius 2 is 2.04 bits per heavy atom. The number of hydrogen-bond donors (Lipinski definition) is 1. The van der Waals surface area contributed by atoms with Crippen LogP contribution in [0.3, 0.4) is 0 Å². The van der Waals surface area contributed by atoms with Gasteiger partial charge in [0.05, 0.1) is 12.8 Å². The van der Waals surface area contributed by atoms with E-state index < -0.39 is 0 Å². The fourth-order valence-electron chi connectivity index (χ4n) is 2.27. The van der Waals surface area contributed by atoms with Crippen LogP contribution in [0.4, 0.5) is 5.82 Å². The van der Waals surface area contributed by atoms with Crippen LogP contribution in [0.15, 0.2) is 30.5 Å². The van der Waals surface area contributed by atoms with Crippen LogP contribution < -0.4 is 10.1 Å². The molecular weight excluding hydrogens is 304 g/mol. The summed E-state index contributed by atoms with van der Waals surface area (Å²) in [6.07, 6.45) is 6.05. The highest BCUT2D eigenvalue weighted by atomic mass is 16.5. The minimum Gasteiger partial charge on any atom is -0.494 e. The number of nitrogens with zero attached hydrogens (tertiary/aromatic N) is 3. The average molecular weight is 326 g/mol. The van der Waals surface area contributed by atoms with Crippen molar-refractivity contribution in [1.82, 2.24) is 9.78 Å². The number of anilines is 1. The molecule has 1 amide bonds. The van der Waals surface area contributed by atoms with E-state index in [2.05, 4.69) is 17.3 Å². The zero-order chi connectivity index (χ0) is 17.4. The maximum absolute atomic E-state index is 12.3. The molecule has 0 aliphatic rings. The lowest BCUT2D eigenvalue weighted by molar-refractivity contribution is 0.102. The zero-order valence-corrected chi connectivity index (χ0v) is 14.1. The Morgan fingerprint density at radius 3 is 2.71 bits per heavy atom. The highest BCUT2D eigenvalue weighted by molar-refractivity contribution is 6.04. The van der Waals surface area contributed by atoms with Gasteiger partial charge in [-0.25, -0.2) is 0 Å². The van der Waals surface area contributed by atoms with Gasteiger partial charge in [-0.2, -0.15) is 10.4 Å². The summed E-state index contributed by atoms with van der Waals surface area (Å²) in [5, 5.41) is 15.7. The van der Waals surface area contributed by atoms with Crippen molar-refractivity contribution >= 4 is 11.7 Å². The Labute approximate surface area is 142 Å². The second kappa shape index (κ2) is 8.73. The van der Waals surface area contributed by atoms with Gasteiger partial charge in [0.15, 0.2) is 0 Å². The topological polar surface area (TPSA) is 79.9 Å². The summed E-state index contributed by atoms with van der Waals surface area (Å²) in [5.41, 5.74) is 0.830. The van der Waals surface area contributed by atoms with Crippen molar-refractivity contribution in [3.8, 4) is 11.8 Å². The molecular formula is C18H22N4O2. The number of nitrogens with one attached hydrogen (secondary N) is 1. The Kier molecular flexibility index (Phi) is 6.38. The summed E-state index contributed by atoms with van der Waals surface area (Å²) in [6.45, 7) is 2.86. The smallest absolute Gasteiger partial charge is 0.256 e. The zero-order valence-electron chi connectivity index (χ0n) is 14.1. The van der Waals surface area contributed by atoms with Gasteiger partial charge in [-0.05, 0) is 30.7 Å². The van der Waals surface area contributed by atoms with E-state index >= 15 is 0 Å². The van der Waals surface area contributed by atoms with E-state index in [1.165, 1.54) is 30.1 Å². The first-order valence-electron chi connectivity index (χ1n) is 8.12. The second-order valence-corrected chi connectivity index (χ2v) is 5.53. The molecule has 0 spiro atoms. The van der Waals surface area contributed by atoms with Crippen molar-refractivity contribution in [2.24, 2.45) is 7.05 Å². The van der Waals surface area contributed by atoms with E-state index in [1.807, 2.05) is 6.07 Å². The molecule has 0 radical (unpaired) electrons. The van der Waals surface area contributed by atoms with Gasteiger partial charge in [-0.3, -0.25) is 9.48 Å². The van der Waals surface area contributed by atoms with Crippen molar-refractivity contribution in [2.75, 3.05) is 11.9 Å². The molecule has 0 fully saturated rings. The third-order valence-electron chi connectivity index (χ3n) is 3.67. The predicted molar refractivity (Wildman–Crippen MR) is 92.0 cm³/mol. The fourth-order valence-corrected chi connectivity index (χ4v) is 2.27. The average Bonchev–Trinajstić information content (AvgIpc) is 2.95. The van der Waals surface area contributed by atoms with Crippen molar-refractivity contribution in [3.05, 3.63) is 41.6 Å². The Morgan fingerprint density at radius 1 is 1.29 bits per heavy atom. The van der Waals surface area contributed by atoms with Gasteiger partial charge >= 0.3 is 0 Å². The molecule has 1 aromatic heterocycles. The van der Waals surface area contributed by atoms with Gasteiger partial charge in [-0.1, -0.05) is 26.2 Å². The molecule has 24 heavy (non-hydrogen) atoms. The van der Waals surface area contributed by atoms with Gasteiger partial charge in [-0.15, -0.1) is 0 Å². The van der Waals surface area contributed by atoms with Crippen LogP contribution in [0, 0.1) is 11.3 Å². The number of benzene rings is 1. The molecule has 1 heterocycles. The third-order valence-corrected chi connectivity index (χ3v) is 3.67. The normalized spacial score (nSPS) is 10.2. The minimum atomic E-state index is -0.287. The second-order valence-electron chi connectivity index (χ2n) is 5.53. The molecule has 6 nitrogen and oxygen atoms in total. The van der Waals surface area contributed by atoms with Gasteiger partial charge in [0.1, 0.15) is 23.2 Å². The first-order valence-corrected chi connectivity index (χ1v) is 8.12. The SMILES string of the molecule is CCCCCCOc1ccc(C(=O)Nc2c(C#N)cnn2C)cc1. The lowest BCUT2D eigenvalue weighted by Gasteiger charge is -2.08. The molecule has 2 rings (SSSR count). The quantitative estimate of drug-likeness (QED) is 0.753. The number of unbranched alkanes of at least 4 members (excludes halogenated alkanes) is 3. The van der Waals surface area contributed by atoms with Crippen LogP contribution in [0.25, 0.3) is 0 Å². The number of aromatic nitrogens is 2. The third kappa shape index (κ3) is 4.59. The molecule has 0 saturated heterocycles. The van der Waals surface area contributed by atoms with Crippen molar-refractivity contribution in [3.63, 3.8) is 0 Å². The highest BCUT2D eigenvalue weighted by Crippen LogP contribution is 2.17. The molecule has 126 valence electrons. The summed E-state index contributed by atoms with van der Waals surface area (Å²) in [4.78, 5) is 12.3. The molecule has 0 aliphatic heterocycles. The van der Waals surface area contributed by atoms with Crippen molar-refractivity contribution < 1.29 is 9.53 Å². The van der Waals surface area contributed by atoms with E-state index in [0.717, 1.165) is 12.2 Å². The van der Waals surface area contributed by atoms with Crippen LogP contribution in [-0.2, 0) is 7.05 Å². The molecule has 6 heteroatoms. The predicted octanol–water partition coefficient (Wildman–Crippen LogP) is 3.50. The van der Waals surface area contributed by atoms with Crippen LogP contribution in [0.2, 0.25) is 0 Å². The lowest BCUT2D eigenvalue weighted by Crippen LogP contribution is -2.15. The maximum Gasteiger partial charge on any atom is 0.256 e. The Hall–Kier alpha value is -2.81. The lowest BCUT2D eigenvalue weighted by atomic mass is 10.2. The number of nitriles is 1. The van der Waals surface area contributed by atoms with E-state index in [1.54, 1.807) is 31.3 Å². The number of carbonyl (C=O) groups excluding carboxylic acids is 1. The largest absolute Gasteiger partial charge is 0.494 e. The van der Waals surface area contributed by atoms with E-state index in [4.69, 9.17) is 10.00 Å². The van der Waals surface area contributed by atoms with Gasteiger partial charge < -0.3 is 10.1 Å². The van der Waals surface area contributed by atoms with Gasteiger partial charge in [0.2, 0.25) is 0 Å². The van der Waals surface area contributed by atoms with Gasteiger partial charge in [0.25, 0.3) is 5.91 Å². The Bertz CT molecular complexity index is 714. The standard InChI is InChI=1S/C18H22N4O2/c1-3-4-5-6-11-24-16-9-7-14(8-10-16)18(23)21-17-15(12-19)13-20-22(17)2/h7-10,13H,3-6,11H2,1-2H3,(H,21,23). The molecule has 0 atom stereocenters. The molecule has 1 aromatic carbocycles. The summed E-state index contributed by atoms with van der Waals surface area (Å²) in [6, 6.07) is 8.98. The van der Waals surface area contributed by atoms with E-state index in [-0.39, 0.29) is 5.91 Å². The van der Waals surface area contributed by atoms with E-state index in [9.17, 15) is 4.79 Å². The number of ether oxygens (including phenoxy) is 1. The summed E-state index contributed by atoms with van der Waals surface area (Å²) in [7, 11) is 1.67. The minimum absolute atomic E-state index is 0.287. The van der Waals surface area contributed by atoms with E-state index in [0.29, 0.717) is 23.6 Å². The monoisotopic (exact) mass is 326 g/mol.